The van der Waals surface area contributed by atoms with E-state index >= 15 is 0 Å². The molecule has 35 heavy (non-hydrogen) atoms. The number of alkyl halides is 6. The molecule has 3 rings (SSSR count). The molecule has 1 unspecified atom stereocenters. The summed E-state index contributed by atoms with van der Waals surface area (Å²) in [7, 11) is 0. The van der Waals surface area contributed by atoms with Crippen LogP contribution in [0.2, 0.25) is 0 Å². The van der Waals surface area contributed by atoms with E-state index in [1.165, 1.54) is 6.07 Å². The zero-order valence-electron chi connectivity index (χ0n) is 19.0. The standard InChI is InChI=1S/C24H25F6NO4/c1-13(2)17-12-16(5-7-20(17)32)35-22-18(23(25,26)27)10-14(11-19(22)24(28,29)30)31-21(33)8-6-15-4-3-9-34-15/h5,7,10-13,15,32H,3-4,6,8-9H2,1-2H3,(H,31,33). The van der Waals surface area contributed by atoms with Gasteiger partial charge in [0.1, 0.15) is 22.6 Å². The molecule has 1 heterocycles. The lowest BCUT2D eigenvalue weighted by Crippen LogP contribution is -2.18. The third-order valence-corrected chi connectivity index (χ3v) is 5.54. The fraction of sp³-hybridized carbons (Fsp3) is 0.458. The van der Waals surface area contributed by atoms with Crippen molar-refractivity contribution in [3.05, 3.63) is 47.0 Å². The molecule has 0 spiro atoms. The van der Waals surface area contributed by atoms with E-state index in [1.54, 1.807) is 13.8 Å². The number of ether oxygens (including phenoxy) is 2. The van der Waals surface area contributed by atoms with Crippen LogP contribution in [0.15, 0.2) is 30.3 Å². The summed E-state index contributed by atoms with van der Waals surface area (Å²) in [5.41, 5.74) is -3.75. The molecule has 5 nitrogen and oxygen atoms in total. The number of rotatable bonds is 7. The summed E-state index contributed by atoms with van der Waals surface area (Å²) in [6.07, 6.45) is -8.82. The number of halogens is 6. The maximum Gasteiger partial charge on any atom is 0.420 e. The van der Waals surface area contributed by atoms with Gasteiger partial charge in [0.25, 0.3) is 0 Å². The second-order valence-corrected chi connectivity index (χ2v) is 8.60. The van der Waals surface area contributed by atoms with Gasteiger partial charge in [-0.15, -0.1) is 0 Å². The number of carbonyl (C=O) groups excluding carboxylic acids is 1. The summed E-state index contributed by atoms with van der Waals surface area (Å²) < 4.78 is 93.6. The highest BCUT2D eigenvalue weighted by Crippen LogP contribution is 2.48. The van der Waals surface area contributed by atoms with Crippen molar-refractivity contribution in [2.24, 2.45) is 0 Å². The number of amides is 1. The summed E-state index contributed by atoms with van der Waals surface area (Å²) in [6, 6.07) is 4.22. The molecule has 1 aliphatic rings. The number of anilines is 1. The first-order chi connectivity index (χ1) is 16.3. The molecule has 192 valence electrons. The highest BCUT2D eigenvalue weighted by Gasteiger charge is 2.43. The minimum absolute atomic E-state index is 0.114. The van der Waals surface area contributed by atoms with Gasteiger partial charge in [-0.3, -0.25) is 4.79 Å². The van der Waals surface area contributed by atoms with Gasteiger partial charge in [-0.25, -0.2) is 0 Å². The fourth-order valence-corrected chi connectivity index (χ4v) is 3.80. The average molecular weight is 505 g/mol. The van der Waals surface area contributed by atoms with Gasteiger partial charge in [0, 0.05) is 24.3 Å². The molecule has 11 heteroatoms. The van der Waals surface area contributed by atoms with Crippen molar-refractivity contribution in [3.8, 4) is 17.2 Å². The molecular formula is C24H25F6NO4. The van der Waals surface area contributed by atoms with Gasteiger partial charge in [0.2, 0.25) is 5.91 Å². The van der Waals surface area contributed by atoms with E-state index in [9.17, 15) is 36.2 Å². The van der Waals surface area contributed by atoms with Crippen molar-refractivity contribution in [2.45, 2.75) is 63.9 Å². The lowest BCUT2D eigenvalue weighted by molar-refractivity contribution is -0.145. The van der Waals surface area contributed by atoms with Crippen molar-refractivity contribution in [3.63, 3.8) is 0 Å². The van der Waals surface area contributed by atoms with Crippen molar-refractivity contribution in [1.82, 2.24) is 0 Å². The van der Waals surface area contributed by atoms with E-state index in [-0.39, 0.29) is 29.9 Å². The molecule has 1 amide bonds. The first-order valence-electron chi connectivity index (χ1n) is 11.0. The quantitative estimate of drug-likeness (QED) is 0.389. The first kappa shape index (κ1) is 26.7. The van der Waals surface area contributed by atoms with Crippen LogP contribution in [-0.2, 0) is 21.9 Å². The maximum atomic E-state index is 13.8. The third kappa shape index (κ3) is 6.81. The summed E-state index contributed by atoms with van der Waals surface area (Å²) in [6.45, 7) is 3.94. The maximum absolute atomic E-state index is 13.8. The van der Waals surface area contributed by atoms with Crippen molar-refractivity contribution in [2.75, 3.05) is 11.9 Å². The van der Waals surface area contributed by atoms with E-state index < -0.39 is 40.8 Å². The second-order valence-electron chi connectivity index (χ2n) is 8.60. The van der Waals surface area contributed by atoms with Gasteiger partial charge in [0.15, 0.2) is 5.75 Å². The van der Waals surface area contributed by atoms with Crippen LogP contribution in [0, 0.1) is 0 Å². The Bertz CT molecular complexity index is 1020. The zero-order chi connectivity index (χ0) is 26.0. The number of benzene rings is 2. The molecule has 1 aliphatic heterocycles. The fourth-order valence-electron chi connectivity index (χ4n) is 3.80. The van der Waals surface area contributed by atoms with Crippen LogP contribution in [0.1, 0.15) is 62.1 Å². The summed E-state index contributed by atoms with van der Waals surface area (Å²) in [5.74, 6) is -2.91. The molecule has 1 fully saturated rings. The molecule has 0 aliphatic carbocycles. The van der Waals surface area contributed by atoms with Crippen molar-refractivity contribution >= 4 is 11.6 Å². The van der Waals surface area contributed by atoms with Gasteiger partial charge < -0.3 is 19.9 Å². The van der Waals surface area contributed by atoms with E-state index in [0.29, 0.717) is 30.7 Å². The number of hydrogen-bond acceptors (Lipinski definition) is 4. The smallest absolute Gasteiger partial charge is 0.420 e. The summed E-state index contributed by atoms with van der Waals surface area (Å²) in [5, 5.41) is 12.0. The number of phenolic OH excluding ortho intramolecular Hbond substituents is 1. The second kappa shape index (κ2) is 10.3. The monoisotopic (exact) mass is 505 g/mol. The van der Waals surface area contributed by atoms with E-state index in [1.807, 2.05) is 0 Å². The van der Waals surface area contributed by atoms with E-state index in [4.69, 9.17) is 9.47 Å². The van der Waals surface area contributed by atoms with Crippen molar-refractivity contribution in [1.29, 1.82) is 0 Å². The molecule has 2 N–H and O–H groups in total. The highest BCUT2D eigenvalue weighted by atomic mass is 19.4. The van der Waals surface area contributed by atoms with Gasteiger partial charge in [-0.2, -0.15) is 26.3 Å². The molecule has 0 bridgehead atoms. The van der Waals surface area contributed by atoms with E-state index in [2.05, 4.69) is 5.32 Å². The minimum Gasteiger partial charge on any atom is -0.508 e. The van der Waals surface area contributed by atoms with Gasteiger partial charge in [-0.1, -0.05) is 13.8 Å². The van der Waals surface area contributed by atoms with Crippen molar-refractivity contribution < 1.29 is 45.7 Å². The number of nitrogens with one attached hydrogen (secondary N) is 1. The number of carbonyl (C=O) groups is 1. The Balaban J connectivity index is 1.98. The molecule has 0 aromatic heterocycles. The minimum atomic E-state index is -5.22. The number of hydrogen-bond donors (Lipinski definition) is 2. The van der Waals surface area contributed by atoms with Gasteiger partial charge in [0.05, 0.1) is 6.10 Å². The lowest BCUT2D eigenvalue weighted by Gasteiger charge is -2.21. The zero-order valence-corrected chi connectivity index (χ0v) is 19.0. The molecule has 0 radical (unpaired) electrons. The van der Waals surface area contributed by atoms with E-state index in [0.717, 1.165) is 25.0 Å². The molecule has 2 aromatic rings. The topological polar surface area (TPSA) is 67.8 Å². The molecule has 0 saturated carbocycles. The van der Waals surface area contributed by atoms with Crippen LogP contribution >= 0.6 is 0 Å². The summed E-state index contributed by atoms with van der Waals surface area (Å²) in [4.78, 5) is 12.2. The van der Waals surface area contributed by atoms with Crippen LogP contribution in [0.25, 0.3) is 0 Å². The molecular weight excluding hydrogens is 480 g/mol. The Morgan fingerprint density at radius 2 is 1.74 bits per heavy atom. The lowest BCUT2D eigenvalue weighted by atomic mass is 10.0. The van der Waals surface area contributed by atoms with Crippen LogP contribution in [-0.4, -0.2) is 23.7 Å². The third-order valence-electron chi connectivity index (χ3n) is 5.54. The Morgan fingerprint density at radius 1 is 1.11 bits per heavy atom. The van der Waals surface area contributed by atoms with Gasteiger partial charge in [-0.05, 0) is 55.5 Å². The number of aromatic hydroxyl groups is 1. The van der Waals surface area contributed by atoms with Crippen LogP contribution < -0.4 is 10.1 Å². The summed E-state index contributed by atoms with van der Waals surface area (Å²) >= 11 is 0. The number of phenols is 1. The van der Waals surface area contributed by atoms with Crippen LogP contribution in [0.5, 0.6) is 17.2 Å². The largest absolute Gasteiger partial charge is 0.508 e. The Hall–Kier alpha value is -2.95. The molecule has 2 aromatic carbocycles. The molecule has 1 atom stereocenters. The van der Waals surface area contributed by atoms with Crippen LogP contribution in [0.4, 0.5) is 32.0 Å². The average Bonchev–Trinajstić information content (AvgIpc) is 3.26. The highest BCUT2D eigenvalue weighted by molar-refractivity contribution is 5.91. The first-order valence-corrected chi connectivity index (χ1v) is 11.0. The Labute approximate surface area is 198 Å². The Morgan fingerprint density at radius 3 is 2.26 bits per heavy atom. The molecule has 1 saturated heterocycles. The predicted molar refractivity (Wildman–Crippen MR) is 116 cm³/mol. The van der Waals surface area contributed by atoms with Crippen LogP contribution in [0.3, 0.4) is 0 Å². The predicted octanol–water partition coefficient (Wildman–Crippen LogP) is 7.24. The Kier molecular flexibility index (Phi) is 7.88. The van der Waals surface area contributed by atoms with Gasteiger partial charge >= 0.3 is 12.4 Å². The SMILES string of the molecule is CC(C)c1cc(Oc2c(C(F)(F)F)cc(NC(=O)CCC3CCCO3)cc2C(F)(F)F)ccc1O. The normalized spacial score (nSPS) is 16.5.